The molecule has 0 saturated carbocycles. The molecule has 30 heavy (non-hydrogen) atoms. The summed E-state index contributed by atoms with van der Waals surface area (Å²) in [4.78, 5) is 43.9. The van der Waals surface area contributed by atoms with E-state index in [-0.39, 0.29) is 24.0 Å². The summed E-state index contributed by atoms with van der Waals surface area (Å²) in [5.41, 5.74) is 6.96. The molecule has 158 valence electrons. The molecule has 1 aromatic carbocycles. The van der Waals surface area contributed by atoms with Crippen LogP contribution in [0.2, 0.25) is 0 Å². The molecular weight excluding hydrogens is 400 g/mol. The molecule has 0 unspecified atom stereocenters. The monoisotopic (exact) mass is 426 g/mol. The van der Waals surface area contributed by atoms with Gasteiger partial charge in [0.05, 0.1) is 11.4 Å². The fourth-order valence-electron chi connectivity index (χ4n) is 3.41. The Morgan fingerprint density at radius 3 is 2.50 bits per heavy atom. The highest BCUT2D eigenvalue weighted by molar-refractivity contribution is 7.14. The van der Waals surface area contributed by atoms with Gasteiger partial charge in [0.25, 0.3) is 11.5 Å². The fraction of sp³-hybridized carbons (Fsp3) is 0.318. The van der Waals surface area contributed by atoms with Crippen molar-refractivity contribution < 1.29 is 4.79 Å². The van der Waals surface area contributed by atoms with Crippen LogP contribution in [0, 0.1) is 6.92 Å². The van der Waals surface area contributed by atoms with Crippen molar-refractivity contribution in [3.63, 3.8) is 0 Å². The van der Waals surface area contributed by atoms with Crippen molar-refractivity contribution in [1.29, 1.82) is 0 Å². The van der Waals surface area contributed by atoms with E-state index in [1.54, 1.807) is 0 Å². The molecule has 7 nitrogen and oxygen atoms in total. The van der Waals surface area contributed by atoms with E-state index in [0.717, 1.165) is 22.4 Å². The Kier molecular flexibility index (Phi) is 6.56. The number of aromatic amines is 1. The molecule has 0 aliphatic rings. The topological polar surface area (TPSA) is 101 Å². The van der Waals surface area contributed by atoms with Crippen LogP contribution in [0.3, 0.4) is 0 Å². The molecule has 0 bridgehead atoms. The first-order valence-electron chi connectivity index (χ1n) is 9.95. The standard InChI is InChI=1S/C22H26N4O3S/c1-4-11-25(21(28)17-12-14(3)16(5-2)30-17)18-19(23)26(22(29)24-20(18)27)13-15-9-7-6-8-10-15/h6-10,12H,4-5,11,13,23H2,1-3H3,(H,24,27,29). The molecule has 3 rings (SSSR count). The fourth-order valence-corrected chi connectivity index (χ4v) is 4.47. The zero-order valence-corrected chi connectivity index (χ0v) is 18.2. The molecule has 0 saturated heterocycles. The molecular formula is C22H26N4O3S. The van der Waals surface area contributed by atoms with Crippen LogP contribution in [-0.4, -0.2) is 22.0 Å². The second-order valence-electron chi connectivity index (χ2n) is 7.09. The predicted molar refractivity (Wildman–Crippen MR) is 122 cm³/mol. The first kappa shape index (κ1) is 21.6. The third-order valence-electron chi connectivity index (χ3n) is 4.91. The number of thiophene rings is 1. The molecule has 2 heterocycles. The van der Waals surface area contributed by atoms with Gasteiger partial charge in [0.2, 0.25) is 0 Å². The normalized spacial score (nSPS) is 10.9. The van der Waals surface area contributed by atoms with Crippen LogP contribution >= 0.6 is 11.3 Å². The minimum absolute atomic E-state index is 0.0153. The van der Waals surface area contributed by atoms with Gasteiger partial charge in [0.1, 0.15) is 5.82 Å². The second kappa shape index (κ2) is 9.13. The summed E-state index contributed by atoms with van der Waals surface area (Å²) in [6, 6.07) is 11.2. The van der Waals surface area contributed by atoms with Gasteiger partial charge in [0.15, 0.2) is 5.69 Å². The van der Waals surface area contributed by atoms with Gasteiger partial charge in [-0.3, -0.25) is 24.0 Å². The van der Waals surface area contributed by atoms with Gasteiger partial charge >= 0.3 is 5.69 Å². The van der Waals surface area contributed by atoms with Crippen molar-refractivity contribution in [2.24, 2.45) is 0 Å². The number of hydrogen-bond donors (Lipinski definition) is 2. The van der Waals surface area contributed by atoms with Crippen LogP contribution in [0.25, 0.3) is 0 Å². The van der Waals surface area contributed by atoms with Gasteiger partial charge in [-0.15, -0.1) is 11.3 Å². The largest absolute Gasteiger partial charge is 0.383 e. The second-order valence-corrected chi connectivity index (χ2v) is 8.23. The number of benzene rings is 1. The predicted octanol–water partition coefficient (Wildman–Crippen LogP) is 3.16. The number of aromatic nitrogens is 2. The van der Waals surface area contributed by atoms with Crippen LogP contribution in [0.4, 0.5) is 11.5 Å². The number of nitrogens with one attached hydrogen (secondary N) is 1. The summed E-state index contributed by atoms with van der Waals surface area (Å²) in [5, 5.41) is 0. The SMILES string of the molecule is CCCN(C(=O)c1cc(C)c(CC)s1)c1c(N)n(Cc2ccccc2)c(=O)[nH]c1=O. The highest BCUT2D eigenvalue weighted by Crippen LogP contribution is 2.27. The quantitative estimate of drug-likeness (QED) is 0.606. The zero-order chi connectivity index (χ0) is 21.8. The number of carbonyl (C=O) groups excluding carboxylic acids is 1. The minimum atomic E-state index is -0.660. The van der Waals surface area contributed by atoms with E-state index in [2.05, 4.69) is 4.98 Å². The third-order valence-corrected chi connectivity index (χ3v) is 6.28. The van der Waals surface area contributed by atoms with Gasteiger partial charge in [-0.1, -0.05) is 44.2 Å². The van der Waals surface area contributed by atoms with E-state index >= 15 is 0 Å². The Balaban J connectivity index is 2.09. The van der Waals surface area contributed by atoms with Gasteiger partial charge < -0.3 is 5.73 Å². The maximum atomic E-state index is 13.3. The Bertz CT molecular complexity index is 1160. The molecule has 8 heteroatoms. The molecule has 0 radical (unpaired) electrons. The van der Waals surface area contributed by atoms with Crippen LogP contribution < -0.4 is 21.9 Å². The van der Waals surface area contributed by atoms with Gasteiger partial charge in [-0.2, -0.15) is 0 Å². The van der Waals surface area contributed by atoms with Crippen LogP contribution in [0.5, 0.6) is 0 Å². The first-order chi connectivity index (χ1) is 14.4. The van der Waals surface area contributed by atoms with Crippen LogP contribution in [0.1, 0.15) is 45.9 Å². The van der Waals surface area contributed by atoms with Gasteiger partial charge in [-0.05, 0) is 37.0 Å². The minimum Gasteiger partial charge on any atom is -0.383 e. The Hall–Kier alpha value is -3.13. The van der Waals surface area contributed by atoms with E-state index in [9.17, 15) is 14.4 Å². The lowest BCUT2D eigenvalue weighted by molar-refractivity contribution is 0.0990. The number of rotatable bonds is 7. The average molecular weight is 427 g/mol. The number of nitrogens with zero attached hydrogens (tertiary/aromatic N) is 2. The van der Waals surface area contributed by atoms with Crippen molar-refractivity contribution in [1.82, 2.24) is 9.55 Å². The lowest BCUT2D eigenvalue weighted by Gasteiger charge is -2.23. The molecule has 0 fully saturated rings. The van der Waals surface area contributed by atoms with Crippen molar-refractivity contribution in [2.75, 3.05) is 17.2 Å². The number of nitrogens with two attached hydrogens (primary N) is 1. The first-order valence-corrected chi connectivity index (χ1v) is 10.8. The van der Waals surface area contributed by atoms with E-state index in [0.29, 0.717) is 17.8 Å². The molecule has 1 amide bonds. The lowest BCUT2D eigenvalue weighted by Crippen LogP contribution is -2.41. The molecule has 3 aromatic rings. The van der Waals surface area contributed by atoms with Crippen LogP contribution in [0.15, 0.2) is 46.0 Å². The summed E-state index contributed by atoms with van der Waals surface area (Å²) in [7, 11) is 0. The van der Waals surface area contributed by atoms with E-state index in [4.69, 9.17) is 5.73 Å². The number of anilines is 2. The smallest absolute Gasteiger partial charge is 0.330 e. The summed E-state index contributed by atoms with van der Waals surface area (Å²) < 4.78 is 1.29. The van der Waals surface area contributed by atoms with Crippen LogP contribution in [-0.2, 0) is 13.0 Å². The third kappa shape index (κ3) is 4.23. The maximum absolute atomic E-state index is 13.3. The van der Waals surface area contributed by atoms with Crippen molar-refractivity contribution >= 4 is 28.7 Å². The number of amides is 1. The van der Waals surface area contributed by atoms with E-state index in [1.807, 2.05) is 57.2 Å². The molecule has 2 aromatic heterocycles. The highest BCUT2D eigenvalue weighted by atomic mass is 32.1. The lowest BCUT2D eigenvalue weighted by atomic mass is 10.2. The summed E-state index contributed by atoms with van der Waals surface area (Å²) in [6.45, 7) is 6.44. The van der Waals surface area contributed by atoms with Gasteiger partial charge in [0, 0.05) is 11.4 Å². The number of H-pyrrole nitrogens is 1. The number of nitrogen functional groups attached to an aromatic ring is 1. The number of aryl methyl sites for hydroxylation is 2. The highest BCUT2D eigenvalue weighted by Gasteiger charge is 2.26. The molecule has 0 aliphatic carbocycles. The molecule has 0 atom stereocenters. The van der Waals surface area contributed by atoms with Gasteiger partial charge in [-0.25, -0.2) is 4.79 Å². The maximum Gasteiger partial charge on any atom is 0.330 e. The summed E-state index contributed by atoms with van der Waals surface area (Å²) in [6.07, 6.45) is 1.47. The van der Waals surface area contributed by atoms with Crippen molar-refractivity contribution in [2.45, 2.75) is 40.2 Å². The van der Waals surface area contributed by atoms with Crippen molar-refractivity contribution in [3.8, 4) is 0 Å². The number of carbonyl (C=O) groups is 1. The zero-order valence-electron chi connectivity index (χ0n) is 17.4. The van der Waals surface area contributed by atoms with E-state index in [1.165, 1.54) is 20.8 Å². The summed E-state index contributed by atoms with van der Waals surface area (Å²) in [5.74, 6) is -0.301. The Morgan fingerprint density at radius 1 is 1.20 bits per heavy atom. The van der Waals surface area contributed by atoms with E-state index < -0.39 is 11.2 Å². The summed E-state index contributed by atoms with van der Waals surface area (Å²) >= 11 is 1.43. The molecule has 3 N–H and O–H groups in total. The molecule has 0 aliphatic heterocycles. The Labute approximate surface area is 178 Å². The molecule has 0 spiro atoms. The average Bonchev–Trinajstić information content (AvgIpc) is 3.11. The number of hydrogen-bond acceptors (Lipinski definition) is 5. The Morgan fingerprint density at radius 2 is 1.90 bits per heavy atom. The van der Waals surface area contributed by atoms with Crippen molar-refractivity contribution in [3.05, 3.63) is 78.1 Å².